The Bertz CT molecular complexity index is 763. The van der Waals surface area contributed by atoms with Crippen LogP contribution in [-0.2, 0) is 23.5 Å². The fourth-order valence-electron chi connectivity index (χ4n) is 2.99. The van der Waals surface area contributed by atoms with Gasteiger partial charge < -0.3 is 0 Å². The van der Waals surface area contributed by atoms with Crippen LogP contribution in [0.4, 0.5) is 4.39 Å². The van der Waals surface area contributed by atoms with E-state index in [1.54, 1.807) is 19.2 Å². The SMILES string of the molecule is Cn1cc(S(=O)(=O)N2CCC(Cc3ccc(F)cc3)CC2)cn1. The molecule has 7 heteroatoms. The quantitative estimate of drug-likeness (QED) is 0.859. The average molecular weight is 337 g/mol. The van der Waals surface area contributed by atoms with E-state index < -0.39 is 10.0 Å². The Balaban J connectivity index is 1.61. The van der Waals surface area contributed by atoms with Crippen LogP contribution in [0, 0.1) is 11.7 Å². The number of hydrogen-bond donors (Lipinski definition) is 0. The monoisotopic (exact) mass is 337 g/mol. The number of hydrogen-bond acceptors (Lipinski definition) is 3. The van der Waals surface area contributed by atoms with Crippen molar-refractivity contribution in [2.24, 2.45) is 13.0 Å². The predicted molar refractivity (Wildman–Crippen MR) is 84.8 cm³/mol. The predicted octanol–water partition coefficient (Wildman–Crippen LogP) is 2.20. The number of rotatable bonds is 4. The summed E-state index contributed by atoms with van der Waals surface area (Å²) in [5, 5.41) is 3.94. The molecule has 0 aliphatic carbocycles. The lowest BCUT2D eigenvalue weighted by molar-refractivity contribution is 0.273. The molecule has 0 N–H and O–H groups in total. The van der Waals surface area contributed by atoms with Crippen LogP contribution in [0.25, 0.3) is 0 Å². The molecule has 0 radical (unpaired) electrons. The minimum atomic E-state index is -3.44. The molecule has 3 rings (SSSR count). The maximum absolute atomic E-state index is 12.9. The number of aromatic nitrogens is 2. The summed E-state index contributed by atoms with van der Waals surface area (Å²) in [5.41, 5.74) is 1.10. The molecule has 2 aromatic rings. The normalized spacial score (nSPS) is 17.5. The Hall–Kier alpha value is -1.73. The first kappa shape index (κ1) is 16.1. The molecule has 1 aliphatic rings. The fourth-order valence-corrected chi connectivity index (χ4v) is 4.44. The lowest BCUT2D eigenvalue weighted by Gasteiger charge is -2.30. The van der Waals surface area contributed by atoms with E-state index >= 15 is 0 Å². The molecule has 5 nitrogen and oxygen atoms in total. The van der Waals surface area contributed by atoms with Crippen LogP contribution in [0.2, 0.25) is 0 Å². The van der Waals surface area contributed by atoms with Gasteiger partial charge in [0, 0.05) is 26.3 Å². The van der Waals surface area contributed by atoms with Crippen molar-refractivity contribution in [2.75, 3.05) is 13.1 Å². The standard InChI is InChI=1S/C16H20FN3O2S/c1-19-12-16(11-18-19)23(21,22)20-8-6-14(7-9-20)10-13-2-4-15(17)5-3-13/h2-5,11-12,14H,6-10H2,1H3. The van der Waals surface area contributed by atoms with Gasteiger partial charge in [0.25, 0.3) is 0 Å². The molecule has 0 unspecified atom stereocenters. The molecule has 1 aliphatic heterocycles. The lowest BCUT2D eigenvalue weighted by atomic mass is 9.91. The number of aryl methyl sites for hydroxylation is 1. The van der Waals surface area contributed by atoms with Crippen molar-refractivity contribution in [3.63, 3.8) is 0 Å². The van der Waals surface area contributed by atoms with Gasteiger partial charge in [-0.15, -0.1) is 0 Å². The number of piperidine rings is 1. The number of benzene rings is 1. The summed E-state index contributed by atoms with van der Waals surface area (Å²) in [7, 11) is -1.74. The summed E-state index contributed by atoms with van der Waals surface area (Å²) < 4.78 is 41.0. The number of sulfonamides is 1. The molecule has 0 spiro atoms. The van der Waals surface area contributed by atoms with Crippen molar-refractivity contribution in [2.45, 2.75) is 24.2 Å². The third-order valence-corrected chi connectivity index (χ3v) is 6.18. The van der Waals surface area contributed by atoms with Crippen LogP contribution in [0.1, 0.15) is 18.4 Å². The van der Waals surface area contributed by atoms with Gasteiger partial charge in [-0.3, -0.25) is 4.68 Å². The first-order valence-corrected chi connectivity index (χ1v) is 9.12. The molecule has 23 heavy (non-hydrogen) atoms. The van der Waals surface area contributed by atoms with Crippen LogP contribution in [0.15, 0.2) is 41.6 Å². The molecule has 124 valence electrons. The van der Waals surface area contributed by atoms with Crippen LogP contribution in [0.3, 0.4) is 0 Å². The summed E-state index contributed by atoms with van der Waals surface area (Å²) in [4.78, 5) is 0.247. The van der Waals surface area contributed by atoms with E-state index in [0.717, 1.165) is 24.8 Å². The van der Waals surface area contributed by atoms with Gasteiger partial charge in [-0.05, 0) is 42.9 Å². The van der Waals surface area contributed by atoms with E-state index in [1.807, 2.05) is 0 Å². The highest BCUT2D eigenvalue weighted by Gasteiger charge is 2.30. The van der Waals surface area contributed by atoms with Crippen molar-refractivity contribution >= 4 is 10.0 Å². The minimum Gasteiger partial charge on any atom is -0.274 e. The zero-order valence-electron chi connectivity index (χ0n) is 13.0. The largest absolute Gasteiger partial charge is 0.274 e. The van der Waals surface area contributed by atoms with Crippen molar-refractivity contribution in [1.82, 2.24) is 14.1 Å². The minimum absolute atomic E-state index is 0.230. The van der Waals surface area contributed by atoms with Gasteiger partial charge >= 0.3 is 0 Å². The highest BCUT2D eigenvalue weighted by Crippen LogP contribution is 2.26. The molecular weight excluding hydrogens is 317 g/mol. The molecule has 1 aromatic carbocycles. The molecule has 2 heterocycles. The summed E-state index contributed by atoms with van der Waals surface area (Å²) >= 11 is 0. The molecule has 0 amide bonds. The second-order valence-corrected chi connectivity index (χ2v) is 7.97. The van der Waals surface area contributed by atoms with Crippen molar-refractivity contribution in [3.8, 4) is 0 Å². The van der Waals surface area contributed by atoms with Crippen LogP contribution in [-0.4, -0.2) is 35.6 Å². The number of halogens is 1. The summed E-state index contributed by atoms with van der Waals surface area (Å²) in [6.07, 6.45) is 5.41. The van der Waals surface area contributed by atoms with E-state index in [9.17, 15) is 12.8 Å². The molecular formula is C16H20FN3O2S. The summed E-state index contributed by atoms with van der Waals surface area (Å²) in [6, 6.07) is 6.54. The van der Waals surface area contributed by atoms with E-state index in [2.05, 4.69) is 5.10 Å². The second-order valence-electron chi connectivity index (χ2n) is 6.03. The Morgan fingerprint density at radius 1 is 1.22 bits per heavy atom. The topological polar surface area (TPSA) is 55.2 Å². The molecule has 0 atom stereocenters. The Morgan fingerprint density at radius 2 is 1.87 bits per heavy atom. The zero-order chi connectivity index (χ0) is 16.4. The van der Waals surface area contributed by atoms with Gasteiger partial charge in [-0.1, -0.05) is 12.1 Å². The van der Waals surface area contributed by atoms with Crippen LogP contribution < -0.4 is 0 Å². The Kier molecular flexibility index (Phi) is 4.50. The molecule has 1 saturated heterocycles. The van der Waals surface area contributed by atoms with Crippen LogP contribution >= 0.6 is 0 Å². The van der Waals surface area contributed by atoms with Crippen LogP contribution in [0.5, 0.6) is 0 Å². The second kappa shape index (κ2) is 6.41. The summed E-state index contributed by atoms with van der Waals surface area (Å²) in [6.45, 7) is 1.03. The van der Waals surface area contributed by atoms with E-state index in [1.165, 1.54) is 33.5 Å². The zero-order valence-corrected chi connectivity index (χ0v) is 13.8. The first-order chi connectivity index (χ1) is 10.9. The first-order valence-electron chi connectivity index (χ1n) is 7.68. The molecule has 1 aromatic heterocycles. The Labute approximate surface area is 135 Å². The van der Waals surface area contributed by atoms with E-state index in [0.29, 0.717) is 19.0 Å². The summed E-state index contributed by atoms with van der Waals surface area (Å²) in [5.74, 6) is 0.201. The molecule has 0 bridgehead atoms. The van der Waals surface area contributed by atoms with E-state index in [-0.39, 0.29) is 10.7 Å². The van der Waals surface area contributed by atoms with E-state index in [4.69, 9.17) is 0 Å². The number of nitrogens with zero attached hydrogens (tertiary/aromatic N) is 3. The highest BCUT2D eigenvalue weighted by molar-refractivity contribution is 7.89. The van der Waals surface area contributed by atoms with Gasteiger partial charge in [0.05, 0.1) is 6.20 Å². The molecule has 0 saturated carbocycles. The highest BCUT2D eigenvalue weighted by atomic mass is 32.2. The van der Waals surface area contributed by atoms with Gasteiger partial charge in [-0.2, -0.15) is 9.40 Å². The van der Waals surface area contributed by atoms with Gasteiger partial charge in [0.15, 0.2) is 0 Å². The van der Waals surface area contributed by atoms with Gasteiger partial charge in [0.2, 0.25) is 10.0 Å². The smallest absolute Gasteiger partial charge is 0.246 e. The Morgan fingerprint density at radius 3 is 2.43 bits per heavy atom. The maximum atomic E-state index is 12.9. The van der Waals surface area contributed by atoms with Crippen molar-refractivity contribution in [3.05, 3.63) is 48.0 Å². The average Bonchev–Trinajstić information content (AvgIpc) is 2.98. The maximum Gasteiger partial charge on any atom is 0.246 e. The lowest BCUT2D eigenvalue weighted by Crippen LogP contribution is -2.38. The fraction of sp³-hybridized carbons (Fsp3) is 0.438. The van der Waals surface area contributed by atoms with Crippen molar-refractivity contribution in [1.29, 1.82) is 0 Å². The third-order valence-electron chi connectivity index (χ3n) is 4.33. The van der Waals surface area contributed by atoms with Crippen molar-refractivity contribution < 1.29 is 12.8 Å². The van der Waals surface area contributed by atoms with Gasteiger partial charge in [0.1, 0.15) is 10.7 Å². The third kappa shape index (κ3) is 3.61. The van der Waals surface area contributed by atoms with Gasteiger partial charge in [-0.25, -0.2) is 12.8 Å². The molecule has 1 fully saturated rings.